The number of hydrogen-bond acceptors (Lipinski definition) is 6. The van der Waals surface area contributed by atoms with Crippen LogP contribution in [0.3, 0.4) is 0 Å². The first-order chi connectivity index (χ1) is 13.5. The van der Waals surface area contributed by atoms with Crippen molar-refractivity contribution in [1.82, 2.24) is 15.0 Å². The minimum atomic E-state index is -0.127. The molecule has 1 atom stereocenters. The molecule has 0 aliphatic heterocycles. The van der Waals surface area contributed by atoms with Crippen molar-refractivity contribution >= 4 is 17.5 Å². The Balaban J connectivity index is 2.00. The maximum atomic E-state index is 9.67. The fraction of sp³-hybridized carbons (Fsp3) is 0.318. The van der Waals surface area contributed by atoms with Crippen LogP contribution in [0.4, 0.5) is 17.5 Å². The van der Waals surface area contributed by atoms with Crippen molar-refractivity contribution < 1.29 is 5.11 Å². The van der Waals surface area contributed by atoms with Gasteiger partial charge in [0, 0.05) is 29.7 Å². The summed E-state index contributed by atoms with van der Waals surface area (Å²) < 4.78 is 0. The molecule has 0 radical (unpaired) electrons. The van der Waals surface area contributed by atoms with Gasteiger partial charge in [-0.05, 0) is 49.1 Å². The topological polar surface area (TPSA) is 83.0 Å². The van der Waals surface area contributed by atoms with Gasteiger partial charge >= 0.3 is 0 Å². The lowest BCUT2D eigenvalue weighted by molar-refractivity contribution is 0.248. The molecular formula is C22H27N5O. The van der Waals surface area contributed by atoms with Crippen LogP contribution in [0.5, 0.6) is 0 Å². The van der Waals surface area contributed by atoms with Gasteiger partial charge in [0.05, 0.1) is 18.3 Å². The van der Waals surface area contributed by atoms with E-state index in [4.69, 9.17) is 0 Å². The smallest absolute Gasteiger partial charge is 0.225 e. The quantitative estimate of drug-likeness (QED) is 0.568. The monoisotopic (exact) mass is 377 g/mol. The van der Waals surface area contributed by atoms with Crippen molar-refractivity contribution in [2.75, 3.05) is 17.2 Å². The fourth-order valence-corrected chi connectivity index (χ4v) is 2.85. The van der Waals surface area contributed by atoms with Crippen LogP contribution in [0.2, 0.25) is 0 Å². The summed E-state index contributed by atoms with van der Waals surface area (Å²) in [5.74, 6) is 1.40. The SMILES string of the molecule is Cc1cccc(Nc2cc(-c3cccnc3)nc(N[C@H](CO)C(C)C)n2)c1C. The van der Waals surface area contributed by atoms with E-state index in [2.05, 4.69) is 45.5 Å². The molecule has 28 heavy (non-hydrogen) atoms. The summed E-state index contributed by atoms with van der Waals surface area (Å²) in [5.41, 5.74) is 5.06. The van der Waals surface area contributed by atoms with E-state index in [0.717, 1.165) is 16.9 Å². The molecule has 2 aromatic heterocycles. The zero-order chi connectivity index (χ0) is 20.1. The third kappa shape index (κ3) is 4.64. The molecule has 0 spiro atoms. The Bertz CT molecular complexity index is 927. The molecule has 2 heterocycles. The first-order valence-electron chi connectivity index (χ1n) is 9.48. The van der Waals surface area contributed by atoms with Crippen molar-refractivity contribution in [2.24, 2.45) is 5.92 Å². The van der Waals surface area contributed by atoms with E-state index in [1.807, 2.05) is 44.2 Å². The van der Waals surface area contributed by atoms with E-state index >= 15 is 0 Å². The van der Waals surface area contributed by atoms with Crippen molar-refractivity contribution in [3.8, 4) is 11.3 Å². The standard InChI is InChI=1S/C22H27N5O/c1-14(2)20(13-28)26-22-25-19(17-8-6-10-23-12-17)11-21(27-22)24-18-9-5-7-15(3)16(18)4/h5-12,14,20,28H,13H2,1-4H3,(H2,24,25,26,27)/t20-/m1/s1. The van der Waals surface area contributed by atoms with Gasteiger partial charge in [-0.25, -0.2) is 4.98 Å². The van der Waals surface area contributed by atoms with Gasteiger partial charge < -0.3 is 15.7 Å². The van der Waals surface area contributed by atoms with Gasteiger partial charge in [0.25, 0.3) is 0 Å². The van der Waals surface area contributed by atoms with Crippen LogP contribution < -0.4 is 10.6 Å². The molecule has 6 heteroatoms. The minimum Gasteiger partial charge on any atom is -0.394 e. The summed E-state index contributed by atoms with van der Waals surface area (Å²) in [6, 6.07) is 11.8. The number of aliphatic hydroxyl groups excluding tert-OH is 1. The Morgan fingerprint density at radius 2 is 1.89 bits per heavy atom. The zero-order valence-electron chi connectivity index (χ0n) is 16.8. The number of anilines is 3. The number of pyridine rings is 1. The van der Waals surface area contributed by atoms with E-state index in [1.54, 1.807) is 12.4 Å². The lowest BCUT2D eigenvalue weighted by atomic mass is 10.1. The lowest BCUT2D eigenvalue weighted by Gasteiger charge is -2.21. The van der Waals surface area contributed by atoms with Gasteiger partial charge in [0.1, 0.15) is 5.82 Å². The second-order valence-corrected chi connectivity index (χ2v) is 7.25. The molecule has 3 aromatic rings. The predicted molar refractivity (Wildman–Crippen MR) is 114 cm³/mol. The van der Waals surface area contributed by atoms with Gasteiger partial charge in [-0.15, -0.1) is 0 Å². The van der Waals surface area contributed by atoms with Crippen LogP contribution in [0, 0.1) is 19.8 Å². The average Bonchev–Trinajstić information content (AvgIpc) is 2.70. The highest BCUT2D eigenvalue weighted by molar-refractivity contribution is 5.68. The third-order valence-electron chi connectivity index (χ3n) is 4.87. The molecule has 0 fully saturated rings. The van der Waals surface area contributed by atoms with Gasteiger partial charge in [-0.3, -0.25) is 4.98 Å². The van der Waals surface area contributed by atoms with Crippen LogP contribution in [0.1, 0.15) is 25.0 Å². The molecule has 0 saturated carbocycles. The minimum absolute atomic E-state index is 0.0118. The highest BCUT2D eigenvalue weighted by Crippen LogP contribution is 2.26. The van der Waals surface area contributed by atoms with Gasteiger partial charge in [0.15, 0.2) is 0 Å². The van der Waals surface area contributed by atoms with Gasteiger partial charge in [-0.2, -0.15) is 4.98 Å². The van der Waals surface area contributed by atoms with Crippen molar-refractivity contribution in [3.63, 3.8) is 0 Å². The summed E-state index contributed by atoms with van der Waals surface area (Å²) in [4.78, 5) is 13.5. The van der Waals surface area contributed by atoms with Crippen LogP contribution >= 0.6 is 0 Å². The largest absolute Gasteiger partial charge is 0.394 e. The first-order valence-corrected chi connectivity index (χ1v) is 9.48. The predicted octanol–water partition coefficient (Wildman–Crippen LogP) is 4.33. The number of rotatable bonds is 7. The third-order valence-corrected chi connectivity index (χ3v) is 4.87. The molecule has 6 nitrogen and oxygen atoms in total. The molecule has 3 N–H and O–H groups in total. The van der Waals surface area contributed by atoms with Gasteiger partial charge in [-0.1, -0.05) is 26.0 Å². The van der Waals surface area contributed by atoms with E-state index in [9.17, 15) is 5.11 Å². The number of aliphatic hydroxyl groups is 1. The second kappa shape index (κ2) is 8.80. The number of hydrogen-bond donors (Lipinski definition) is 3. The van der Waals surface area contributed by atoms with Crippen molar-refractivity contribution in [1.29, 1.82) is 0 Å². The first kappa shape index (κ1) is 19.8. The average molecular weight is 377 g/mol. The Morgan fingerprint density at radius 1 is 1.07 bits per heavy atom. The highest BCUT2D eigenvalue weighted by atomic mass is 16.3. The molecule has 0 saturated heterocycles. The molecule has 0 aliphatic rings. The lowest BCUT2D eigenvalue weighted by Crippen LogP contribution is -2.30. The molecule has 146 valence electrons. The maximum Gasteiger partial charge on any atom is 0.225 e. The van der Waals surface area contributed by atoms with E-state index in [0.29, 0.717) is 11.8 Å². The number of aryl methyl sites for hydroxylation is 1. The highest BCUT2D eigenvalue weighted by Gasteiger charge is 2.15. The van der Waals surface area contributed by atoms with Crippen molar-refractivity contribution in [3.05, 3.63) is 59.9 Å². The second-order valence-electron chi connectivity index (χ2n) is 7.25. The molecule has 3 rings (SSSR count). The van der Waals surface area contributed by atoms with Crippen LogP contribution in [-0.4, -0.2) is 32.7 Å². The van der Waals surface area contributed by atoms with Crippen LogP contribution in [0.15, 0.2) is 48.8 Å². The number of benzene rings is 1. The molecule has 0 amide bonds. The summed E-state index contributed by atoms with van der Waals surface area (Å²) in [6.07, 6.45) is 3.51. The number of nitrogens with zero attached hydrogens (tertiary/aromatic N) is 3. The fourth-order valence-electron chi connectivity index (χ4n) is 2.85. The summed E-state index contributed by atoms with van der Waals surface area (Å²) in [5, 5.41) is 16.3. The Kier molecular flexibility index (Phi) is 6.21. The van der Waals surface area contributed by atoms with Gasteiger partial charge in [0.2, 0.25) is 5.95 Å². The molecular weight excluding hydrogens is 350 g/mol. The molecule has 0 aliphatic carbocycles. The van der Waals surface area contributed by atoms with Crippen molar-refractivity contribution in [2.45, 2.75) is 33.7 Å². The normalized spacial score (nSPS) is 12.1. The summed E-state index contributed by atoms with van der Waals surface area (Å²) >= 11 is 0. The maximum absolute atomic E-state index is 9.67. The molecule has 0 unspecified atom stereocenters. The zero-order valence-corrected chi connectivity index (χ0v) is 16.8. The van der Waals surface area contributed by atoms with E-state index in [1.165, 1.54) is 11.1 Å². The Labute approximate surface area is 166 Å². The van der Waals surface area contributed by atoms with E-state index < -0.39 is 0 Å². The summed E-state index contributed by atoms with van der Waals surface area (Å²) in [7, 11) is 0. The van der Waals surface area contributed by atoms with Crippen LogP contribution in [-0.2, 0) is 0 Å². The molecule has 0 bridgehead atoms. The van der Waals surface area contributed by atoms with Crippen LogP contribution in [0.25, 0.3) is 11.3 Å². The van der Waals surface area contributed by atoms with E-state index in [-0.39, 0.29) is 18.6 Å². The Hall–Kier alpha value is -2.99. The molecule has 1 aromatic carbocycles. The number of aromatic nitrogens is 3. The number of nitrogens with one attached hydrogen (secondary N) is 2. The summed E-state index contributed by atoms with van der Waals surface area (Å²) in [6.45, 7) is 8.28. The Morgan fingerprint density at radius 3 is 2.57 bits per heavy atom.